The number of carbonyl (C=O) groups excluding carboxylic acids is 2. The lowest BCUT2D eigenvalue weighted by Crippen LogP contribution is -2.37. The Labute approximate surface area is 220 Å². The van der Waals surface area contributed by atoms with Gasteiger partial charge >= 0.3 is 0 Å². The molecule has 2 aliphatic rings. The quantitative estimate of drug-likeness (QED) is 0.245. The predicted octanol–water partition coefficient (Wildman–Crippen LogP) is 4.50. The van der Waals surface area contributed by atoms with E-state index in [0.717, 1.165) is 22.6 Å². The summed E-state index contributed by atoms with van der Waals surface area (Å²) < 4.78 is 5.62. The fraction of sp³-hybridized carbons (Fsp3) is 0.286. The number of nitro groups is 1. The van der Waals surface area contributed by atoms with Crippen molar-refractivity contribution in [2.45, 2.75) is 25.5 Å². The molecule has 0 aromatic heterocycles. The number of nitrogens with zero attached hydrogens (tertiary/aromatic N) is 4. The Kier molecular flexibility index (Phi) is 6.73. The first-order valence-electron chi connectivity index (χ1n) is 12.4. The lowest BCUT2D eigenvalue weighted by atomic mass is 9.90. The van der Waals surface area contributed by atoms with Crippen LogP contribution in [0.4, 0.5) is 22.7 Å². The van der Waals surface area contributed by atoms with E-state index < -0.39 is 34.8 Å². The summed E-state index contributed by atoms with van der Waals surface area (Å²) in [5, 5.41) is 12.9. The third-order valence-electron chi connectivity index (χ3n) is 6.73. The van der Waals surface area contributed by atoms with Crippen molar-refractivity contribution in [2.75, 3.05) is 35.6 Å². The molecule has 196 valence electrons. The van der Waals surface area contributed by atoms with Crippen molar-refractivity contribution in [2.24, 2.45) is 5.92 Å². The molecule has 0 radical (unpaired) electrons. The fourth-order valence-electron chi connectivity index (χ4n) is 4.86. The summed E-state index contributed by atoms with van der Waals surface area (Å²) in [6, 6.07) is 19.7. The number of rotatable bonds is 8. The molecule has 0 unspecified atom stereocenters. The maximum Gasteiger partial charge on any atom is 0.271 e. The number of imide groups is 1. The highest BCUT2D eigenvalue weighted by atomic mass is 16.7. The Hall–Kier alpha value is -4.44. The molecule has 10 heteroatoms. The van der Waals surface area contributed by atoms with Crippen molar-refractivity contribution < 1.29 is 24.1 Å². The molecule has 0 bridgehead atoms. The summed E-state index contributed by atoms with van der Waals surface area (Å²) in [6.45, 7) is 2.58. The van der Waals surface area contributed by atoms with Crippen LogP contribution in [0.2, 0.25) is 0 Å². The Balaban J connectivity index is 1.52. The van der Waals surface area contributed by atoms with Crippen LogP contribution in [-0.4, -0.2) is 43.5 Å². The zero-order valence-electron chi connectivity index (χ0n) is 21.3. The van der Waals surface area contributed by atoms with E-state index >= 15 is 0 Å². The molecule has 5 rings (SSSR count). The van der Waals surface area contributed by atoms with Gasteiger partial charge in [-0.05, 0) is 54.4 Å². The molecule has 38 heavy (non-hydrogen) atoms. The number of nitro benzene ring substituents is 1. The number of amides is 2. The summed E-state index contributed by atoms with van der Waals surface area (Å²) in [7, 11) is 3.85. The van der Waals surface area contributed by atoms with Gasteiger partial charge in [-0.15, -0.1) is 0 Å². The van der Waals surface area contributed by atoms with E-state index in [4.69, 9.17) is 9.57 Å². The van der Waals surface area contributed by atoms with Crippen LogP contribution in [0.25, 0.3) is 0 Å². The minimum absolute atomic E-state index is 0.116. The number of hydroxylamine groups is 1. The molecule has 0 aliphatic carbocycles. The van der Waals surface area contributed by atoms with Crippen LogP contribution in [0, 0.1) is 16.0 Å². The number of benzene rings is 3. The summed E-state index contributed by atoms with van der Waals surface area (Å²) in [5.41, 5.74) is 2.42. The van der Waals surface area contributed by atoms with Crippen LogP contribution in [0.15, 0.2) is 72.8 Å². The number of non-ortho nitro benzene ring substituents is 1. The first-order valence-corrected chi connectivity index (χ1v) is 12.4. The van der Waals surface area contributed by atoms with Crippen LogP contribution in [0.5, 0.6) is 5.75 Å². The van der Waals surface area contributed by atoms with E-state index in [2.05, 4.69) is 0 Å². The molecule has 2 fully saturated rings. The molecular formula is C28H28N4O6. The minimum atomic E-state index is -1.07. The van der Waals surface area contributed by atoms with Gasteiger partial charge < -0.3 is 9.64 Å². The van der Waals surface area contributed by atoms with E-state index in [1.54, 1.807) is 36.4 Å². The first-order chi connectivity index (χ1) is 18.3. The lowest BCUT2D eigenvalue weighted by Gasteiger charge is -2.29. The molecule has 0 saturated carbocycles. The highest BCUT2D eigenvalue weighted by molar-refractivity contribution is 6.23. The standard InChI is InChI=1S/C28H28N4O6/c1-4-16-37-23-14-12-20(13-15-23)30-27(33)24-25(18-8-10-19(11-9-18)29(2)3)31(38-26(24)28(30)34)21-6-5-7-22(17-21)32(35)36/h5-15,17,24-26H,4,16H2,1-3H3/t24-,25+,26+/m0/s1. The smallest absolute Gasteiger partial charge is 0.271 e. The van der Waals surface area contributed by atoms with Gasteiger partial charge in [-0.3, -0.25) is 24.5 Å². The molecule has 2 saturated heterocycles. The fourth-order valence-corrected chi connectivity index (χ4v) is 4.86. The van der Waals surface area contributed by atoms with Crippen LogP contribution >= 0.6 is 0 Å². The topological polar surface area (TPSA) is 105 Å². The van der Waals surface area contributed by atoms with Crippen molar-refractivity contribution in [1.29, 1.82) is 0 Å². The van der Waals surface area contributed by atoms with E-state index in [9.17, 15) is 19.7 Å². The number of ether oxygens (including phenoxy) is 1. The first kappa shape index (κ1) is 25.2. The van der Waals surface area contributed by atoms with Crippen molar-refractivity contribution in [3.8, 4) is 5.75 Å². The number of hydrogen-bond donors (Lipinski definition) is 0. The summed E-state index contributed by atoms with van der Waals surface area (Å²) in [5.74, 6) is -1.06. The number of fused-ring (bicyclic) bond motifs is 1. The molecule has 2 aliphatic heterocycles. The average molecular weight is 517 g/mol. The van der Waals surface area contributed by atoms with Crippen LogP contribution in [0.1, 0.15) is 24.9 Å². The third-order valence-corrected chi connectivity index (χ3v) is 6.73. The van der Waals surface area contributed by atoms with Crippen molar-refractivity contribution >= 4 is 34.6 Å². The number of carbonyl (C=O) groups is 2. The molecule has 3 aromatic rings. The molecule has 0 spiro atoms. The molecule has 3 atom stereocenters. The van der Waals surface area contributed by atoms with Gasteiger partial charge in [-0.1, -0.05) is 25.1 Å². The molecule has 2 amide bonds. The second kappa shape index (κ2) is 10.1. The highest BCUT2D eigenvalue weighted by Crippen LogP contribution is 2.48. The number of anilines is 3. The van der Waals surface area contributed by atoms with E-state index in [0.29, 0.717) is 23.7 Å². The SMILES string of the molecule is CCCOc1ccc(N2C(=O)[C@H]3[C@@H](c4ccc(N(C)C)cc4)N(c4cccc([N+](=O)[O-])c4)O[C@H]3C2=O)cc1. The van der Waals surface area contributed by atoms with E-state index in [-0.39, 0.29) is 5.69 Å². The minimum Gasteiger partial charge on any atom is -0.494 e. The largest absolute Gasteiger partial charge is 0.494 e. The Bertz CT molecular complexity index is 1360. The Morgan fingerprint density at radius 3 is 2.32 bits per heavy atom. The van der Waals surface area contributed by atoms with E-state index in [1.165, 1.54) is 17.2 Å². The molecule has 2 heterocycles. The highest BCUT2D eigenvalue weighted by Gasteiger charge is 2.60. The summed E-state index contributed by atoms with van der Waals surface area (Å²) >= 11 is 0. The molecule has 0 N–H and O–H groups in total. The van der Waals surface area contributed by atoms with Gasteiger partial charge in [0.2, 0.25) is 5.91 Å². The maximum absolute atomic E-state index is 13.8. The Morgan fingerprint density at radius 2 is 1.68 bits per heavy atom. The van der Waals surface area contributed by atoms with Crippen LogP contribution in [0.3, 0.4) is 0 Å². The number of hydrogen-bond acceptors (Lipinski definition) is 8. The maximum atomic E-state index is 13.8. The van der Waals surface area contributed by atoms with Gasteiger partial charge in [0.15, 0.2) is 6.10 Å². The third kappa shape index (κ3) is 4.43. The molecule has 3 aromatic carbocycles. The predicted molar refractivity (Wildman–Crippen MR) is 142 cm³/mol. The van der Waals surface area contributed by atoms with Crippen molar-refractivity contribution in [3.63, 3.8) is 0 Å². The lowest BCUT2D eigenvalue weighted by molar-refractivity contribution is -0.384. The van der Waals surface area contributed by atoms with Gasteiger partial charge in [-0.25, -0.2) is 9.96 Å². The summed E-state index contributed by atoms with van der Waals surface area (Å²) in [4.78, 5) is 47.5. The summed E-state index contributed by atoms with van der Waals surface area (Å²) in [6.07, 6.45) is -0.208. The van der Waals surface area contributed by atoms with Gasteiger partial charge in [0, 0.05) is 31.9 Å². The normalized spacial score (nSPS) is 20.6. The van der Waals surface area contributed by atoms with Gasteiger partial charge in [0.25, 0.3) is 11.6 Å². The Morgan fingerprint density at radius 1 is 0.974 bits per heavy atom. The zero-order chi connectivity index (χ0) is 27.0. The molecular weight excluding hydrogens is 488 g/mol. The monoisotopic (exact) mass is 516 g/mol. The van der Waals surface area contributed by atoms with Gasteiger partial charge in [-0.2, -0.15) is 0 Å². The molecule has 10 nitrogen and oxygen atoms in total. The van der Waals surface area contributed by atoms with Gasteiger partial charge in [0.1, 0.15) is 11.7 Å². The van der Waals surface area contributed by atoms with Crippen molar-refractivity contribution in [3.05, 3.63) is 88.5 Å². The van der Waals surface area contributed by atoms with Crippen LogP contribution < -0.4 is 19.6 Å². The van der Waals surface area contributed by atoms with Crippen molar-refractivity contribution in [1.82, 2.24) is 0 Å². The second-order valence-corrected chi connectivity index (χ2v) is 9.44. The van der Waals surface area contributed by atoms with Crippen LogP contribution in [-0.2, 0) is 14.4 Å². The van der Waals surface area contributed by atoms with Gasteiger partial charge in [0.05, 0.1) is 28.9 Å². The van der Waals surface area contributed by atoms with E-state index in [1.807, 2.05) is 50.2 Å². The average Bonchev–Trinajstić information content (AvgIpc) is 3.43. The second-order valence-electron chi connectivity index (χ2n) is 9.44. The zero-order valence-corrected chi connectivity index (χ0v) is 21.3.